The smallest absolute Gasteiger partial charge is 0.378 e. The molecule has 0 aliphatic carbocycles. The normalized spacial score (nSPS) is 17.8. The fraction of sp³-hybridized carbons (Fsp3) is 0.250. The van der Waals surface area contributed by atoms with E-state index in [-0.39, 0.29) is 24.7 Å². The predicted molar refractivity (Wildman–Crippen MR) is 92.5 cm³/mol. The van der Waals surface area contributed by atoms with Gasteiger partial charge in [0.05, 0.1) is 6.61 Å². The lowest BCUT2D eigenvalue weighted by Crippen LogP contribution is -2.32. The highest BCUT2D eigenvalue weighted by Crippen LogP contribution is 2.29. The van der Waals surface area contributed by atoms with Gasteiger partial charge in [0.15, 0.2) is 11.9 Å². The number of esters is 1. The van der Waals surface area contributed by atoms with E-state index in [2.05, 4.69) is 0 Å². The summed E-state index contributed by atoms with van der Waals surface area (Å²) < 4.78 is 16.5. The minimum atomic E-state index is -1.29. The van der Waals surface area contributed by atoms with Gasteiger partial charge in [-0.3, -0.25) is 0 Å². The highest BCUT2D eigenvalue weighted by molar-refractivity contribution is 5.89. The zero-order valence-electron chi connectivity index (χ0n) is 14.1. The predicted octanol–water partition coefficient (Wildman–Crippen LogP) is 1.91. The third kappa shape index (κ3) is 4.22. The number of aliphatic hydroxyl groups is 2. The molecule has 2 aromatic carbocycles. The molecule has 1 heterocycles. The maximum absolute atomic E-state index is 12.2. The van der Waals surface area contributed by atoms with Gasteiger partial charge in [-0.1, -0.05) is 60.7 Å². The molecular weight excluding hydrogens is 336 g/mol. The summed E-state index contributed by atoms with van der Waals surface area (Å²) in [6, 6.07) is 18.7. The number of carbonyl (C=O) groups is 1. The van der Waals surface area contributed by atoms with Crippen molar-refractivity contribution in [1.82, 2.24) is 0 Å². The molecule has 26 heavy (non-hydrogen) atoms. The molecule has 0 bridgehead atoms. The lowest BCUT2D eigenvalue weighted by atomic mass is 10.1. The number of rotatable bonds is 8. The summed E-state index contributed by atoms with van der Waals surface area (Å²) in [6.45, 7) is -0.229. The number of hydrogen-bond donors (Lipinski definition) is 2. The van der Waals surface area contributed by atoms with Gasteiger partial charge < -0.3 is 24.4 Å². The fourth-order valence-electron chi connectivity index (χ4n) is 2.54. The molecule has 2 atom stereocenters. The molecule has 0 saturated carbocycles. The Kier molecular flexibility index (Phi) is 5.88. The van der Waals surface area contributed by atoms with Gasteiger partial charge in [-0.05, 0) is 11.1 Å². The van der Waals surface area contributed by atoms with Gasteiger partial charge in [-0.15, -0.1) is 0 Å². The molecule has 136 valence electrons. The second-order valence-electron chi connectivity index (χ2n) is 5.82. The van der Waals surface area contributed by atoms with Crippen LogP contribution in [0, 0.1) is 0 Å². The quantitative estimate of drug-likeness (QED) is 0.703. The first-order chi connectivity index (χ1) is 12.7. The number of hydrogen-bond acceptors (Lipinski definition) is 6. The van der Waals surface area contributed by atoms with E-state index < -0.39 is 24.8 Å². The van der Waals surface area contributed by atoms with Gasteiger partial charge in [0, 0.05) is 0 Å². The van der Waals surface area contributed by atoms with Crippen molar-refractivity contribution in [1.29, 1.82) is 0 Å². The molecule has 1 aliphatic rings. The Bertz CT molecular complexity index is 756. The number of cyclic esters (lactones) is 1. The van der Waals surface area contributed by atoms with E-state index in [0.717, 1.165) is 11.1 Å². The molecule has 0 aromatic heterocycles. The van der Waals surface area contributed by atoms with E-state index in [1.165, 1.54) is 0 Å². The largest absolute Gasteiger partial charge is 0.485 e. The van der Waals surface area contributed by atoms with Gasteiger partial charge in [-0.25, -0.2) is 4.79 Å². The van der Waals surface area contributed by atoms with Crippen LogP contribution in [-0.2, 0) is 32.2 Å². The molecule has 6 heteroatoms. The summed E-state index contributed by atoms with van der Waals surface area (Å²) in [4.78, 5) is 12.2. The summed E-state index contributed by atoms with van der Waals surface area (Å²) >= 11 is 0. The molecule has 3 rings (SSSR count). The van der Waals surface area contributed by atoms with Crippen LogP contribution in [-0.4, -0.2) is 35.0 Å². The molecule has 0 fully saturated rings. The average Bonchev–Trinajstić information content (AvgIpc) is 3.01. The molecule has 0 radical (unpaired) electrons. The number of aliphatic hydroxyl groups excluding tert-OH is 2. The van der Waals surface area contributed by atoms with Crippen LogP contribution in [0.5, 0.6) is 0 Å². The monoisotopic (exact) mass is 356 g/mol. The Hall–Kier alpha value is -2.83. The van der Waals surface area contributed by atoms with Gasteiger partial charge >= 0.3 is 5.97 Å². The molecule has 2 aromatic rings. The van der Waals surface area contributed by atoms with Crippen LogP contribution in [0.1, 0.15) is 11.1 Å². The van der Waals surface area contributed by atoms with Crippen molar-refractivity contribution >= 4 is 5.97 Å². The molecule has 0 amide bonds. The zero-order chi connectivity index (χ0) is 18.4. The molecule has 0 spiro atoms. The van der Waals surface area contributed by atoms with Gasteiger partial charge in [0.25, 0.3) is 0 Å². The molecule has 2 N–H and O–H groups in total. The van der Waals surface area contributed by atoms with Crippen molar-refractivity contribution in [3.8, 4) is 0 Å². The highest BCUT2D eigenvalue weighted by atomic mass is 16.6. The summed E-state index contributed by atoms with van der Waals surface area (Å²) in [5.74, 6) is -0.708. The Morgan fingerprint density at radius 2 is 1.46 bits per heavy atom. The average molecular weight is 356 g/mol. The van der Waals surface area contributed by atoms with E-state index in [4.69, 9.17) is 14.2 Å². The molecule has 6 nitrogen and oxygen atoms in total. The van der Waals surface area contributed by atoms with Crippen molar-refractivity contribution in [2.24, 2.45) is 0 Å². The van der Waals surface area contributed by atoms with Crippen LogP contribution in [0.4, 0.5) is 0 Å². The highest BCUT2D eigenvalue weighted by Gasteiger charge is 2.41. The lowest BCUT2D eigenvalue weighted by molar-refractivity contribution is -0.149. The Balaban J connectivity index is 1.79. The minimum Gasteiger partial charge on any atom is -0.485 e. The minimum absolute atomic E-state index is 0.0812. The molecule has 1 aliphatic heterocycles. The summed E-state index contributed by atoms with van der Waals surface area (Å²) in [7, 11) is 0. The number of benzene rings is 2. The first-order valence-corrected chi connectivity index (χ1v) is 8.26. The summed E-state index contributed by atoms with van der Waals surface area (Å²) in [5, 5.41) is 19.2. The van der Waals surface area contributed by atoms with Crippen molar-refractivity contribution in [2.75, 3.05) is 6.61 Å². The van der Waals surface area contributed by atoms with Crippen molar-refractivity contribution < 1.29 is 29.2 Å². The second kappa shape index (κ2) is 8.51. The molecule has 0 saturated heterocycles. The first-order valence-electron chi connectivity index (χ1n) is 8.26. The van der Waals surface area contributed by atoms with Crippen molar-refractivity contribution in [2.45, 2.75) is 25.4 Å². The number of carbonyl (C=O) groups excluding carboxylic acids is 1. The standard InChI is InChI=1S/C20H20O6/c21-11-16(22)17-18(24-12-14-7-3-1-4-8-14)19(20(23)26-17)25-13-15-9-5-2-6-10-15/h1-10,16-17,21-22H,11-13H2/t16?,17-/m1/s1. The Morgan fingerprint density at radius 3 is 2.00 bits per heavy atom. The SMILES string of the molecule is O=C1O[C@H](C(O)CO)C(OCc2ccccc2)=C1OCc1ccccc1. The first kappa shape index (κ1) is 18.0. The fourth-order valence-corrected chi connectivity index (χ4v) is 2.54. The third-order valence-corrected chi connectivity index (χ3v) is 3.90. The van der Waals surface area contributed by atoms with Crippen LogP contribution in [0.2, 0.25) is 0 Å². The number of ether oxygens (including phenoxy) is 3. The van der Waals surface area contributed by atoms with Crippen LogP contribution >= 0.6 is 0 Å². The van der Waals surface area contributed by atoms with Crippen molar-refractivity contribution in [3.63, 3.8) is 0 Å². The Labute approximate surface area is 151 Å². The van der Waals surface area contributed by atoms with E-state index in [1.54, 1.807) is 0 Å². The van der Waals surface area contributed by atoms with Crippen molar-refractivity contribution in [3.05, 3.63) is 83.3 Å². The maximum atomic E-state index is 12.2. The van der Waals surface area contributed by atoms with E-state index in [0.29, 0.717) is 0 Å². The topological polar surface area (TPSA) is 85.2 Å². The van der Waals surface area contributed by atoms with Crippen LogP contribution in [0.15, 0.2) is 72.2 Å². The Morgan fingerprint density at radius 1 is 0.923 bits per heavy atom. The molecule has 1 unspecified atom stereocenters. The maximum Gasteiger partial charge on any atom is 0.378 e. The van der Waals surface area contributed by atoms with Crippen LogP contribution in [0.3, 0.4) is 0 Å². The summed E-state index contributed by atoms with van der Waals surface area (Å²) in [5.41, 5.74) is 1.76. The van der Waals surface area contributed by atoms with E-state index in [9.17, 15) is 15.0 Å². The molecular formula is C20H20O6. The van der Waals surface area contributed by atoms with Crippen LogP contribution in [0.25, 0.3) is 0 Å². The second-order valence-corrected chi connectivity index (χ2v) is 5.82. The van der Waals surface area contributed by atoms with E-state index in [1.807, 2.05) is 60.7 Å². The van der Waals surface area contributed by atoms with Gasteiger partial charge in [0.2, 0.25) is 5.76 Å². The van der Waals surface area contributed by atoms with E-state index >= 15 is 0 Å². The summed E-state index contributed by atoms with van der Waals surface area (Å²) in [6.07, 6.45) is -2.38. The lowest BCUT2D eigenvalue weighted by Gasteiger charge is -2.18. The zero-order valence-corrected chi connectivity index (χ0v) is 14.1. The van der Waals surface area contributed by atoms with Crippen LogP contribution < -0.4 is 0 Å². The van der Waals surface area contributed by atoms with Gasteiger partial charge in [-0.2, -0.15) is 0 Å². The van der Waals surface area contributed by atoms with Gasteiger partial charge in [0.1, 0.15) is 19.3 Å². The third-order valence-electron chi connectivity index (χ3n) is 3.90.